The maximum atomic E-state index is 5.55. The number of nitrogens with one attached hydrogen (secondary N) is 1. The summed E-state index contributed by atoms with van der Waals surface area (Å²) in [5.41, 5.74) is 3.58. The van der Waals surface area contributed by atoms with Gasteiger partial charge in [-0.15, -0.1) is 0 Å². The molecule has 2 fully saturated rings. The standard InChI is InChI=1S/C17H23NO/c1-4-16-14(6-10-19-16)11-13(1)5-9-18-12-17(7-8-17)15-2-3-15/h1,4,11,15,18H,2-3,5-10,12H2. The highest BCUT2D eigenvalue weighted by molar-refractivity contribution is 5.39. The van der Waals surface area contributed by atoms with Crippen LogP contribution in [0.25, 0.3) is 0 Å². The highest BCUT2D eigenvalue weighted by atomic mass is 16.5. The van der Waals surface area contributed by atoms with E-state index in [0.29, 0.717) is 0 Å². The molecule has 0 aromatic heterocycles. The first kappa shape index (κ1) is 11.8. The molecule has 2 aliphatic carbocycles. The van der Waals surface area contributed by atoms with Gasteiger partial charge >= 0.3 is 0 Å². The molecule has 102 valence electrons. The van der Waals surface area contributed by atoms with Crippen molar-refractivity contribution in [2.24, 2.45) is 11.3 Å². The van der Waals surface area contributed by atoms with Gasteiger partial charge in [0.1, 0.15) is 5.75 Å². The molecule has 1 aromatic carbocycles. The van der Waals surface area contributed by atoms with Crippen molar-refractivity contribution in [2.75, 3.05) is 19.7 Å². The molecule has 1 aromatic rings. The summed E-state index contributed by atoms with van der Waals surface area (Å²) in [5, 5.41) is 3.69. The zero-order chi connectivity index (χ0) is 12.7. The highest BCUT2D eigenvalue weighted by Gasteiger charge is 2.52. The third-order valence-corrected chi connectivity index (χ3v) is 5.16. The molecule has 1 heterocycles. The molecule has 0 unspecified atom stereocenters. The Morgan fingerprint density at radius 1 is 1.26 bits per heavy atom. The fourth-order valence-electron chi connectivity index (χ4n) is 3.55. The summed E-state index contributed by atoms with van der Waals surface area (Å²) < 4.78 is 5.55. The molecule has 0 radical (unpaired) electrons. The van der Waals surface area contributed by atoms with Gasteiger partial charge in [-0.05, 0) is 67.2 Å². The van der Waals surface area contributed by atoms with Crippen LogP contribution in [0, 0.1) is 11.3 Å². The number of hydrogen-bond acceptors (Lipinski definition) is 2. The van der Waals surface area contributed by atoms with Crippen LogP contribution < -0.4 is 10.1 Å². The second-order valence-electron chi connectivity index (χ2n) is 6.60. The fraction of sp³-hybridized carbons (Fsp3) is 0.647. The maximum Gasteiger partial charge on any atom is 0.122 e. The van der Waals surface area contributed by atoms with Gasteiger partial charge in [0.05, 0.1) is 6.61 Å². The zero-order valence-electron chi connectivity index (χ0n) is 11.6. The van der Waals surface area contributed by atoms with Gasteiger partial charge < -0.3 is 10.1 Å². The van der Waals surface area contributed by atoms with E-state index >= 15 is 0 Å². The van der Waals surface area contributed by atoms with Gasteiger partial charge in [0.2, 0.25) is 0 Å². The fourth-order valence-corrected chi connectivity index (χ4v) is 3.55. The molecule has 0 amide bonds. The van der Waals surface area contributed by atoms with E-state index in [-0.39, 0.29) is 0 Å². The molecule has 2 nitrogen and oxygen atoms in total. The number of hydrogen-bond donors (Lipinski definition) is 1. The first-order valence-corrected chi connectivity index (χ1v) is 7.81. The third-order valence-electron chi connectivity index (χ3n) is 5.16. The van der Waals surface area contributed by atoms with Crippen LogP contribution in [-0.4, -0.2) is 19.7 Å². The lowest BCUT2D eigenvalue weighted by atomic mass is 10.0. The predicted octanol–water partition coefficient (Wildman–Crippen LogP) is 2.94. The van der Waals surface area contributed by atoms with E-state index < -0.39 is 0 Å². The van der Waals surface area contributed by atoms with Crippen molar-refractivity contribution in [3.63, 3.8) is 0 Å². The Kier molecular flexibility index (Phi) is 2.80. The van der Waals surface area contributed by atoms with Crippen LogP contribution in [0.3, 0.4) is 0 Å². The molecule has 0 atom stereocenters. The molecule has 1 N–H and O–H groups in total. The normalized spacial score (nSPS) is 22.9. The van der Waals surface area contributed by atoms with E-state index in [1.165, 1.54) is 43.4 Å². The quantitative estimate of drug-likeness (QED) is 0.791. The molecule has 19 heavy (non-hydrogen) atoms. The summed E-state index contributed by atoms with van der Waals surface area (Å²) in [7, 11) is 0. The van der Waals surface area contributed by atoms with Crippen molar-refractivity contribution in [2.45, 2.75) is 38.5 Å². The number of ether oxygens (including phenoxy) is 1. The summed E-state index contributed by atoms with van der Waals surface area (Å²) in [6.07, 6.45) is 8.16. The summed E-state index contributed by atoms with van der Waals surface area (Å²) in [4.78, 5) is 0. The second kappa shape index (κ2) is 4.52. The van der Waals surface area contributed by atoms with E-state index in [0.717, 1.165) is 43.1 Å². The largest absolute Gasteiger partial charge is 0.493 e. The summed E-state index contributed by atoms with van der Waals surface area (Å²) in [6, 6.07) is 6.70. The van der Waals surface area contributed by atoms with E-state index in [9.17, 15) is 0 Å². The van der Waals surface area contributed by atoms with Crippen LogP contribution in [0.15, 0.2) is 18.2 Å². The van der Waals surface area contributed by atoms with Crippen LogP contribution in [0.1, 0.15) is 36.8 Å². The average molecular weight is 257 g/mol. The minimum Gasteiger partial charge on any atom is -0.493 e. The van der Waals surface area contributed by atoms with Gasteiger partial charge in [0, 0.05) is 13.0 Å². The Bertz CT molecular complexity index is 474. The number of benzene rings is 1. The van der Waals surface area contributed by atoms with Gasteiger partial charge in [0.25, 0.3) is 0 Å². The molecule has 0 saturated heterocycles. The summed E-state index contributed by atoms with van der Waals surface area (Å²) in [5.74, 6) is 2.17. The van der Waals surface area contributed by atoms with E-state index in [1.807, 2.05) is 0 Å². The third kappa shape index (κ3) is 2.38. The van der Waals surface area contributed by atoms with Gasteiger partial charge in [-0.25, -0.2) is 0 Å². The Hall–Kier alpha value is -1.02. The lowest BCUT2D eigenvalue weighted by Crippen LogP contribution is -2.27. The highest BCUT2D eigenvalue weighted by Crippen LogP contribution is 2.60. The molecule has 2 heteroatoms. The van der Waals surface area contributed by atoms with Gasteiger partial charge in [0.15, 0.2) is 0 Å². The molecule has 3 aliphatic rings. The first-order chi connectivity index (χ1) is 9.36. The Labute approximate surface area is 115 Å². The van der Waals surface area contributed by atoms with Crippen LogP contribution in [0.2, 0.25) is 0 Å². The summed E-state index contributed by atoms with van der Waals surface area (Å²) in [6.45, 7) is 3.24. The van der Waals surface area contributed by atoms with Crippen LogP contribution in [-0.2, 0) is 12.8 Å². The minimum atomic E-state index is 0.728. The molecular weight excluding hydrogens is 234 g/mol. The van der Waals surface area contributed by atoms with Gasteiger partial charge in [-0.3, -0.25) is 0 Å². The monoisotopic (exact) mass is 257 g/mol. The predicted molar refractivity (Wildman–Crippen MR) is 76.6 cm³/mol. The molecular formula is C17H23NO. The van der Waals surface area contributed by atoms with Crippen molar-refractivity contribution < 1.29 is 4.74 Å². The van der Waals surface area contributed by atoms with Crippen LogP contribution in [0.5, 0.6) is 5.75 Å². The molecule has 1 aliphatic heterocycles. The Morgan fingerprint density at radius 2 is 2.16 bits per heavy atom. The first-order valence-electron chi connectivity index (χ1n) is 7.81. The number of rotatable bonds is 6. The Balaban J connectivity index is 1.26. The smallest absolute Gasteiger partial charge is 0.122 e. The lowest BCUT2D eigenvalue weighted by Gasteiger charge is -2.15. The average Bonchev–Trinajstić information content (AvgIpc) is 3.32. The molecule has 2 saturated carbocycles. The molecule has 0 bridgehead atoms. The second-order valence-corrected chi connectivity index (χ2v) is 6.60. The van der Waals surface area contributed by atoms with Crippen LogP contribution in [0.4, 0.5) is 0 Å². The van der Waals surface area contributed by atoms with Crippen molar-refractivity contribution in [1.82, 2.24) is 5.32 Å². The van der Waals surface area contributed by atoms with E-state index in [1.54, 1.807) is 0 Å². The van der Waals surface area contributed by atoms with E-state index in [4.69, 9.17) is 4.74 Å². The number of fused-ring (bicyclic) bond motifs is 1. The molecule has 0 spiro atoms. The Morgan fingerprint density at radius 3 is 2.95 bits per heavy atom. The lowest BCUT2D eigenvalue weighted by molar-refractivity contribution is 0.357. The van der Waals surface area contributed by atoms with Crippen molar-refractivity contribution in [3.8, 4) is 5.75 Å². The van der Waals surface area contributed by atoms with Crippen molar-refractivity contribution in [3.05, 3.63) is 29.3 Å². The van der Waals surface area contributed by atoms with Gasteiger partial charge in [-0.2, -0.15) is 0 Å². The van der Waals surface area contributed by atoms with Crippen molar-refractivity contribution in [1.29, 1.82) is 0 Å². The van der Waals surface area contributed by atoms with Gasteiger partial charge in [-0.1, -0.05) is 12.1 Å². The SMILES string of the molecule is c1cc2c(cc1CCNCC1(C3CC3)CC1)CCO2. The summed E-state index contributed by atoms with van der Waals surface area (Å²) >= 11 is 0. The van der Waals surface area contributed by atoms with E-state index in [2.05, 4.69) is 23.5 Å². The van der Waals surface area contributed by atoms with Crippen LogP contribution >= 0.6 is 0 Å². The van der Waals surface area contributed by atoms with Crippen molar-refractivity contribution >= 4 is 0 Å². The topological polar surface area (TPSA) is 21.3 Å². The minimum absolute atomic E-state index is 0.728. The zero-order valence-corrected chi connectivity index (χ0v) is 11.6. The maximum absolute atomic E-state index is 5.55. The molecule has 4 rings (SSSR count).